The predicted octanol–water partition coefficient (Wildman–Crippen LogP) is 3.50. The van der Waals surface area contributed by atoms with Gasteiger partial charge >= 0.3 is 0 Å². The fourth-order valence-electron chi connectivity index (χ4n) is 3.54. The molecule has 2 unspecified atom stereocenters. The van der Waals surface area contributed by atoms with Crippen LogP contribution in [0.1, 0.15) is 34.8 Å². The average Bonchev–Trinajstić information content (AvgIpc) is 3.22. The first-order valence-electron chi connectivity index (χ1n) is 8.69. The zero-order valence-electron chi connectivity index (χ0n) is 14.8. The van der Waals surface area contributed by atoms with Crippen LogP contribution in [-0.4, -0.2) is 37.1 Å². The molecule has 0 spiro atoms. The van der Waals surface area contributed by atoms with Crippen molar-refractivity contribution in [2.24, 2.45) is 5.92 Å². The Balaban J connectivity index is 1.59. The molecule has 2 aromatic rings. The number of hydrogen-bond acceptors (Lipinski definition) is 5. The summed E-state index contributed by atoms with van der Waals surface area (Å²) in [5.41, 5.74) is 1.38. The number of likely N-dealkylation sites (tertiary alicyclic amines) is 1. The van der Waals surface area contributed by atoms with Gasteiger partial charge in [0.1, 0.15) is 5.75 Å². The molecule has 0 amide bonds. The fourth-order valence-corrected chi connectivity index (χ4v) is 4.37. The fraction of sp³-hybridized carbons (Fsp3) is 0.526. The zero-order chi connectivity index (χ0) is 16.9. The molecule has 24 heavy (non-hydrogen) atoms. The molecule has 4 nitrogen and oxygen atoms in total. The molecule has 2 atom stereocenters. The Hall–Kier alpha value is -1.43. The van der Waals surface area contributed by atoms with E-state index < -0.39 is 0 Å². The molecule has 1 aliphatic heterocycles. The van der Waals surface area contributed by atoms with Crippen LogP contribution in [0.25, 0.3) is 0 Å². The maximum Gasteiger partial charge on any atom is 0.118 e. The van der Waals surface area contributed by atoms with Gasteiger partial charge in [-0.1, -0.05) is 19.1 Å². The summed E-state index contributed by atoms with van der Waals surface area (Å²) in [6, 6.07) is 9.02. The van der Waals surface area contributed by atoms with Crippen molar-refractivity contribution in [3.8, 4) is 5.75 Å². The van der Waals surface area contributed by atoms with Crippen LogP contribution >= 0.6 is 11.3 Å². The van der Waals surface area contributed by atoms with Crippen molar-refractivity contribution >= 4 is 11.3 Å². The Bertz CT molecular complexity index is 640. The third-order valence-electron chi connectivity index (χ3n) is 4.84. The molecule has 5 heteroatoms. The predicted molar refractivity (Wildman–Crippen MR) is 99.7 cm³/mol. The molecule has 1 aromatic heterocycles. The van der Waals surface area contributed by atoms with Gasteiger partial charge in [0.05, 0.1) is 12.1 Å². The van der Waals surface area contributed by atoms with E-state index in [0.717, 1.165) is 31.8 Å². The van der Waals surface area contributed by atoms with Gasteiger partial charge in [-0.25, -0.2) is 4.98 Å². The minimum Gasteiger partial charge on any atom is -0.497 e. The van der Waals surface area contributed by atoms with E-state index in [-0.39, 0.29) is 0 Å². The molecular formula is C19H27N3OS. The van der Waals surface area contributed by atoms with Gasteiger partial charge in [-0.3, -0.25) is 4.90 Å². The minimum absolute atomic E-state index is 0.482. The summed E-state index contributed by atoms with van der Waals surface area (Å²) in [6.07, 6.45) is 4.28. The van der Waals surface area contributed by atoms with Crippen molar-refractivity contribution in [2.45, 2.75) is 32.4 Å². The van der Waals surface area contributed by atoms with Gasteiger partial charge in [-0.05, 0) is 50.0 Å². The summed E-state index contributed by atoms with van der Waals surface area (Å²) in [5.74, 6) is 1.56. The third-order valence-corrected chi connectivity index (χ3v) is 5.98. The van der Waals surface area contributed by atoms with Crippen LogP contribution in [-0.2, 0) is 13.0 Å². The highest BCUT2D eigenvalue weighted by molar-refractivity contribution is 7.11. The number of benzene rings is 1. The standard InChI is InChI=1S/C19H27N3OS/c1-4-18-21-13-17(24-18)12-20-11-15-9-10-22(2)19(15)14-5-7-16(23-3)8-6-14/h5-8,13,15,19-20H,4,9-12H2,1-3H3. The number of ether oxygens (including phenoxy) is 1. The number of methoxy groups -OCH3 is 1. The molecule has 3 rings (SSSR count). The van der Waals surface area contributed by atoms with Gasteiger partial charge in [0.25, 0.3) is 0 Å². The highest BCUT2D eigenvalue weighted by Gasteiger charge is 2.32. The van der Waals surface area contributed by atoms with Gasteiger partial charge in [0.15, 0.2) is 0 Å². The summed E-state index contributed by atoms with van der Waals surface area (Å²) in [7, 11) is 3.94. The highest BCUT2D eigenvalue weighted by Crippen LogP contribution is 2.36. The number of nitrogens with zero attached hydrogens (tertiary/aromatic N) is 2. The Morgan fingerprint density at radius 3 is 2.79 bits per heavy atom. The highest BCUT2D eigenvalue weighted by atomic mass is 32.1. The number of aromatic nitrogens is 1. The largest absolute Gasteiger partial charge is 0.497 e. The third kappa shape index (κ3) is 3.97. The number of aryl methyl sites for hydroxylation is 1. The lowest BCUT2D eigenvalue weighted by molar-refractivity contribution is 0.272. The second-order valence-electron chi connectivity index (χ2n) is 6.45. The van der Waals surface area contributed by atoms with E-state index in [4.69, 9.17) is 4.74 Å². The van der Waals surface area contributed by atoms with E-state index in [0.29, 0.717) is 12.0 Å². The number of thiazole rings is 1. The van der Waals surface area contributed by atoms with Gasteiger partial charge < -0.3 is 10.1 Å². The first kappa shape index (κ1) is 17.4. The van der Waals surface area contributed by atoms with E-state index in [1.165, 1.54) is 21.9 Å². The zero-order valence-corrected chi connectivity index (χ0v) is 15.6. The summed E-state index contributed by atoms with van der Waals surface area (Å²) < 4.78 is 5.28. The smallest absolute Gasteiger partial charge is 0.118 e. The van der Waals surface area contributed by atoms with Gasteiger partial charge in [-0.15, -0.1) is 11.3 Å². The number of nitrogens with one attached hydrogen (secondary N) is 1. The van der Waals surface area contributed by atoms with E-state index >= 15 is 0 Å². The van der Waals surface area contributed by atoms with Crippen molar-refractivity contribution in [3.63, 3.8) is 0 Å². The van der Waals surface area contributed by atoms with Gasteiger partial charge in [-0.2, -0.15) is 0 Å². The summed E-state index contributed by atoms with van der Waals surface area (Å²) in [5, 5.41) is 4.87. The van der Waals surface area contributed by atoms with Crippen LogP contribution in [0.4, 0.5) is 0 Å². The lowest BCUT2D eigenvalue weighted by Crippen LogP contribution is -2.28. The molecule has 0 aliphatic carbocycles. The molecular weight excluding hydrogens is 318 g/mol. The van der Waals surface area contributed by atoms with E-state index in [1.807, 2.05) is 17.5 Å². The lowest BCUT2D eigenvalue weighted by Gasteiger charge is -2.26. The molecule has 2 heterocycles. The van der Waals surface area contributed by atoms with E-state index in [9.17, 15) is 0 Å². The average molecular weight is 346 g/mol. The maximum absolute atomic E-state index is 5.28. The van der Waals surface area contributed by atoms with E-state index in [1.54, 1.807) is 7.11 Å². The van der Waals surface area contributed by atoms with Gasteiger partial charge in [0.2, 0.25) is 0 Å². The van der Waals surface area contributed by atoms with Crippen LogP contribution in [0, 0.1) is 5.92 Å². The second kappa shape index (κ2) is 8.10. The monoisotopic (exact) mass is 345 g/mol. The van der Waals surface area contributed by atoms with E-state index in [2.05, 4.69) is 53.4 Å². The minimum atomic E-state index is 0.482. The van der Waals surface area contributed by atoms with Crippen LogP contribution < -0.4 is 10.1 Å². The van der Waals surface area contributed by atoms with Crippen molar-refractivity contribution in [1.29, 1.82) is 0 Å². The molecule has 1 aliphatic rings. The molecule has 0 saturated carbocycles. The van der Waals surface area contributed by atoms with Crippen molar-refractivity contribution < 1.29 is 4.74 Å². The summed E-state index contributed by atoms with van der Waals surface area (Å²) in [6.45, 7) is 5.28. The Labute approximate surface area is 148 Å². The quantitative estimate of drug-likeness (QED) is 0.833. The molecule has 0 bridgehead atoms. The second-order valence-corrected chi connectivity index (χ2v) is 7.65. The number of rotatable bonds is 7. The van der Waals surface area contributed by atoms with Crippen molar-refractivity contribution in [2.75, 3.05) is 27.2 Å². The number of hydrogen-bond donors (Lipinski definition) is 1. The van der Waals surface area contributed by atoms with Crippen LogP contribution in [0.15, 0.2) is 30.5 Å². The normalized spacial score (nSPS) is 21.3. The lowest BCUT2D eigenvalue weighted by atomic mass is 9.93. The first-order valence-corrected chi connectivity index (χ1v) is 9.51. The SMILES string of the molecule is CCc1ncc(CNCC2CCN(C)C2c2ccc(OC)cc2)s1. The summed E-state index contributed by atoms with van der Waals surface area (Å²) >= 11 is 1.82. The van der Waals surface area contributed by atoms with Crippen molar-refractivity contribution in [1.82, 2.24) is 15.2 Å². The van der Waals surface area contributed by atoms with Crippen LogP contribution in [0.3, 0.4) is 0 Å². The Morgan fingerprint density at radius 2 is 2.12 bits per heavy atom. The van der Waals surface area contributed by atoms with Crippen LogP contribution in [0.5, 0.6) is 5.75 Å². The molecule has 130 valence electrons. The Kier molecular flexibility index (Phi) is 5.87. The molecule has 0 radical (unpaired) electrons. The molecule has 1 fully saturated rings. The maximum atomic E-state index is 5.28. The molecule has 1 N–H and O–H groups in total. The van der Waals surface area contributed by atoms with Crippen LogP contribution in [0.2, 0.25) is 0 Å². The van der Waals surface area contributed by atoms with Gasteiger partial charge in [0, 0.05) is 30.2 Å². The first-order chi connectivity index (χ1) is 11.7. The van der Waals surface area contributed by atoms with Crippen molar-refractivity contribution in [3.05, 3.63) is 45.9 Å². The Morgan fingerprint density at radius 1 is 1.33 bits per heavy atom. The topological polar surface area (TPSA) is 37.4 Å². The molecule has 1 saturated heterocycles. The molecule has 1 aromatic carbocycles. The summed E-state index contributed by atoms with van der Waals surface area (Å²) in [4.78, 5) is 8.24.